The smallest absolute Gasteiger partial charge is 0.127 e. The van der Waals surface area contributed by atoms with Gasteiger partial charge in [-0.1, -0.05) is 6.07 Å². The molecule has 0 radical (unpaired) electrons. The minimum Gasteiger partial charge on any atom is -0.497 e. The van der Waals surface area contributed by atoms with E-state index in [0.717, 1.165) is 29.9 Å². The second kappa shape index (κ2) is 6.26. The lowest BCUT2D eigenvalue weighted by Gasteiger charge is -2.17. The molecule has 1 saturated heterocycles. The first-order chi connectivity index (χ1) is 9.10. The van der Waals surface area contributed by atoms with Crippen LogP contribution in [-0.4, -0.2) is 25.9 Å². The van der Waals surface area contributed by atoms with Crippen LogP contribution in [0.1, 0.15) is 38.3 Å². The van der Waals surface area contributed by atoms with Gasteiger partial charge in [-0.25, -0.2) is 0 Å². The molecule has 1 aliphatic rings. The van der Waals surface area contributed by atoms with Crippen LogP contribution in [0.4, 0.5) is 0 Å². The fraction of sp³-hybridized carbons (Fsp3) is 0.600. The maximum Gasteiger partial charge on any atom is 0.127 e. The van der Waals surface area contributed by atoms with Crippen molar-refractivity contribution in [1.29, 1.82) is 0 Å². The Morgan fingerprint density at radius 1 is 1.42 bits per heavy atom. The molecule has 0 aliphatic carbocycles. The van der Waals surface area contributed by atoms with E-state index < -0.39 is 0 Å². The zero-order valence-corrected chi connectivity index (χ0v) is 11.9. The summed E-state index contributed by atoms with van der Waals surface area (Å²) in [5.41, 5.74) is 6.95. The van der Waals surface area contributed by atoms with Gasteiger partial charge in [0.25, 0.3) is 0 Å². The summed E-state index contributed by atoms with van der Waals surface area (Å²) in [7, 11) is 1.65. The SMILES string of the molecule is COc1ccc([C@@H](C)N)c(OCC2CCC(C)O2)c1. The van der Waals surface area contributed by atoms with Crippen LogP contribution in [0.3, 0.4) is 0 Å². The number of nitrogens with two attached hydrogens (primary N) is 1. The first kappa shape index (κ1) is 14.2. The lowest BCUT2D eigenvalue weighted by Crippen LogP contribution is -2.19. The molecule has 1 fully saturated rings. The molecule has 0 bridgehead atoms. The Bertz CT molecular complexity index is 420. The van der Waals surface area contributed by atoms with Crippen LogP contribution in [-0.2, 0) is 4.74 Å². The quantitative estimate of drug-likeness (QED) is 0.889. The van der Waals surface area contributed by atoms with E-state index >= 15 is 0 Å². The van der Waals surface area contributed by atoms with E-state index in [1.807, 2.05) is 25.1 Å². The maximum absolute atomic E-state index is 5.96. The third kappa shape index (κ3) is 3.61. The summed E-state index contributed by atoms with van der Waals surface area (Å²) in [4.78, 5) is 0. The molecule has 0 aromatic heterocycles. The number of methoxy groups -OCH3 is 1. The van der Waals surface area contributed by atoms with Gasteiger partial charge in [0.1, 0.15) is 18.1 Å². The lowest BCUT2D eigenvalue weighted by molar-refractivity contribution is 0.0261. The van der Waals surface area contributed by atoms with Crippen LogP contribution < -0.4 is 15.2 Å². The molecule has 4 nitrogen and oxygen atoms in total. The zero-order valence-electron chi connectivity index (χ0n) is 11.9. The van der Waals surface area contributed by atoms with Gasteiger partial charge in [0.2, 0.25) is 0 Å². The van der Waals surface area contributed by atoms with Crippen LogP contribution in [0.15, 0.2) is 18.2 Å². The highest BCUT2D eigenvalue weighted by Crippen LogP contribution is 2.29. The molecule has 2 N–H and O–H groups in total. The van der Waals surface area contributed by atoms with Crippen molar-refractivity contribution in [2.45, 2.75) is 44.9 Å². The van der Waals surface area contributed by atoms with Crippen molar-refractivity contribution in [3.05, 3.63) is 23.8 Å². The first-order valence-electron chi connectivity index (χ1n) is 6.82. The third-order valence-corrected chi connectivity index (χ3v) is 3.46. The highest BCUT2D eigenvalue weighted by molar-refractivity contribution is 5.42. The molecule has 19 heavy (non-hydrogen) atoms. The average molecular weight is 265 g/mol. The summed E-state index contributed by atoms with van der Waals surface area (Å²) >= 11 is 0. The summed E-state index contributed by atoms with van der Waals surface area (Å²) < 4.78 is 16.9. The standard InChI is InChI=1S/C15H23NO3/c1-10-4-5-13(19-10)9-18-15-8-12(17-3)6-7-14(15)11(2)16/h6-8,10-11,13H,4-5,9,16H2,1-3H3/t10?,11-,13?/m1/s1. The van der Waals surface area contributed by atoms with Gasteiger partial charge < -0.3 is 19.9 Å². The summed E-state index contributed by atoms with van der Waals surface area (Å²) in [5.74, 6) is 1.57. The zero-order chi connectivity index (χ0) is 13.8. The van der Waals surface area contributed by atoms with Gasteiger partial charge in [-0.05, 0) is 32.8 Å². The number of hydrogen-bond donors (Lipinski definition) is 1. The first-order valence-corrected chi connectivity index (χ1v) is 6.82. The summed E-state index contributed by atoms with van der Waals surface area (Å²) in [6, 6.07) is 5.68. The molecule has 1 aromatic rings. The van der Waals surface area contributed by atoms with E-state index in [4.69, 9.17) is 19.9 Å². The number of hydrogen-bond acceptors (Lipinski definition) is 4. The molecular formula is C15H23NO3. The maximum atomic E-state index is 5.96. The monoisotopic (exact) mass is 265 g/mol. The molecule has 0 amide bonds. The van der Waals surface area contributed by atoms with E-state index in [0.29, 0.717) is 12.7 Å². The number of ether oxygens (including phenoxy) is 3. The molecule has 2 rings (SSSR count). The highest BCUT2D eigenvalue weighted by Gasteiger charge is 2.22. The van der Waals surface area contributed by atoms with Crippen molar-refractivity contribution in [2.75, 3.05) is 13.7 Å². The molecule has 4 heteroatoms. The predicted molar refractivity (Wildman–Crippen MR) is 74.7 cm³/mol. The van der Waals surface area contributed by atoms with Gasteiger partial charge in [0, 0.05) is 17.7 Å². The molecule has 1 aliphatic heterocycles. The average Bonchev–Trinajstić information content (AvgIpc) is 2.81. The Morgan fingerprint density at radius 3 is 2.79 bits per heavy atom. The van der Waals surface area contributed by atoms with E-state index in [-0.39, 0.29) is 12.1 Å². The van der Waals surface area contributed by atoms with Crippen molar-refractivity contribution in [3.8, 4) is 11.5 Å². The number of rotatable bonds is 5. The van der Waals surface area contributed by atoms with Gasteiger partial charge in [-0.3, -0.25) is 0 Å². The molecule has 0 saturated carbocycles. The summed E-state index contributed by atoms with van der Waals surface area (Å²) in [5, 5.41) is 0. The Kier molecular flexibility index (Phi) is 4.66. The van der Waals surface area contributed by atoms with Crippen LogP contribution in [0, 0.1) is 0 Å². The van der Waals surface area contributed by atoms with Gasteiger partial charge in [-0.15, -0.1) is 0 Å². The van der Waals surface area contributed by atoms with Crippen molar-refractivity contribution in [3.63, 3.8) is 0 Å². The van der Waals surface area contributed by atoms with Crippen molar-refractivity contribution < 1.29 is 14.2 Å². The largest absolute Gasteiger partial charge is 0.497 e. The Hall–Kier alpha value is -1.26. The Morgan fingerprint density at radius 2 is 2.21 bits per heavy atom. The van der Waals surface area contributed by atoms with Gasteiger partial charge in [0.05, 0.1) is 19.3 Å². The lowest BCUT2D eigenvalue weighted by atomic mass is 10.1. The van der Waals surface area contributed by atoms with E-state index in [2.05, 4.69) is 6.92 Å². The normalized spacial score (nSPS) is 24.2. The van der Waals surface area contributed by atoms with E-state index in [1.165, 1.54) is 0 Å². The van der Waals surface area contributed by atoms with Crippen molar-refractivity contribution >= 4 is 0 Å². The minimum absolute atomic E-state index is 0.0654. The van der Waals surface area contributed by atoms with Gasteiger partial charge in [-0.2, -0.15) is 0 Å². The molecule has 106 valence electrons. The summed E-state index contributed by atoms with van der Waals surface area (Å²) in [6.07, 6.45) is 2.68. The van der Waals surface area contributed by atoms with Gasteiger partial charge in [0.15, 0.2) is 0 Å². The molecule has 1 aromatic carbocycles. The topological polar surface area (TPSA) is 53.7 Å². The van der Waals surface area contributed by atoms with Crippen LogP contribution in [0.2, 0.25) is 0 Å². The molecule has 3 atom stereocenters. The van der Waals surface area contributed by atoms with Crippen LogP contribution in [0.5, 0.6) is 11.5 Å². The number of benzene rings is 1. The van der Waals surface area contributed by atoms with Crippen molar-refractivity contribution in [1.82, 2.24) is 0 Å². The molecule has 0 spiro atoms. The van der Waals surface area contributed by atoms with Gasteiger partial charge >= 0.3 is 0 Å². The Labute approximate surface area is 114 Å². The second-order valence-electron chi connectivity index (χ2n) is 5.15. The Balaban J connectivity index is 2.04. The molecular weight excluding hydrogens is 242 g/mol. The summed E-state index contributed by atoms with van der Waals surface area (Å²) in [6.45, 7) is 4.61. The molecule has 1 heterocycles. The fourth-order valence-electron chi connectivity index (χ4n) is 2.33. The fourth-order valence-corrected chi connectivity index (χ4v) is 2.33. The highest BCUT2D eigenvalue weighted by atomic mass is 16.5. The van der Waals surface area contributed by atoms with Crippen molar-refractivity contribution in [2.24, 2.45) is 5.73 Å². The third-order valence-electron chi connectivity index (χ3n) is 3.46. The van der Waals surface area contributed by atoms with E-state index in [1.54, 1.807) is 7.11 Å². The van der Waals surface area contributed by atoms with E-state index in [9.17, 15) is 0 Å². The predicted octanol–water partition coefficient (Wildman–Crippen LogP) is 2.66. The molecule has 2 unspecified atom stereocenters. The second-order valence-corrected chi connectivity index (χ2v) is 5.15. The minimum atomic E-state index is -0.0654. The van der Waals surface area contributed by atoms with Crippen LogP contribution in [0.25, 0.3) is 0 Å². The van der Waals surface area contributed by atoms with Crippen LogP contribution >= 0.6 is 0 Å².